The topological polar surface area (TPSA) is 55.4 Å². The molecule has 0 saturated heterocycles. The second kappa shape index (κ2) is 25.4. The molecule has 6 nitrogen and oxygen atoms in total. The molecule has 370 valence electrons. The van der Waals surface area contributed by atoms with Crippen molar-refractivity contribution in [2.75, 3.05) is 39.6 Å². The van der Waals surface area contributed by atoms with Gasteiger partial charge in [0, 0.05) is 9.75 Å². The van der Waals surface area contributed by atoms with Crippen LogP contribution in [0.25, 0.3) is 41.8 Å². The lowest BCUT2D eigenvalue weighted by Gasteiger charge is -2.16. The van der Waals surface area contributed by atoms with E-state index in [1.165, 1.54) is 0 Å². The fourth-order valence-corrected chi connectivity index (χ4v) is 10.3. The molecule has 0 aliphatic rings. The van der Waals surface area contributed by atoms with E-state index in [0.29, 0.717) is 61.1 Å². The molecule has 0 aliphatic carbocycles. The number of rotatable bonds is 28. The van der Waals surface area contributed by atoms with E-state index in [4.69, 9.17) is 28.4 Å². The molecule has 0 bridgehead atoms. The van der Waals surface area contributed by atoms with Crippen molar-refractivity contribution in [3.05, 3.63) is 56.3 Å². The van der Waals surface area contributed by atoms with E-state index >= 15 is 35.1 Å². The van der Waals surface area contributed by atoms with Crippen LogP contribution in [0.5, 0.6) is 34.5 Å². The van der Waals surface area contributed by atoms with Crippen molar-refractivity contribution in [3.63, 3.8) is 0 Å². The molecular formula is C50H60F8O6S3. The number of halogens is 8. The van der Waals surface area contributed by atoms with Gasteiger partial charge in [0.05, 0.1) is 81.4 Å². The molecule has 0 radical (unpaired) electrons. The van der Waals surface area contributed by atoms with Gasteiger partial charge in [0.25, 0.3) is 0 Å². The molecule has 3 heterocycles. The molecule has 0 N–H and O–H groups in total. The SMILES string of the molecule is CCCCOc1c(C)sc(-c2c(F)c(F)c(-c3sc(-c4c(F)c(F)c(-c5sc(C)c(OCCCC)c5OCCCC)c(F)c4F)c(OCCCC)c3OCCCC)c(F)c2F)c1OCCCC. The zero-order valence-electron chi connectivity index (χ0n) is 39.4. The van der Waals surface area contributed by atoms with Gasteiger partial charge in [-0.25, -0.2) is 35.1 Å². The minimum atomic E-state index is -1.87. The molecule has 0 unspecified atom stereocenters. The Morgan fingerprint density at radius 3 is 0.672 bits per heavy atom. The summed E-state index contributed by atoms with van der Waals surface area (Å²) >= 11 is 1.88. The predicted octanol–water partition coefficient (Wildman–Crippen LogP) is 17.3. The summed E-state index contributed by atoms with van der Waals surface area (Å²) in [4.78, 5) is -0.919. The zero-order chi connectivity index (χ0) is 48.9. The average molecular weight is 1010 g/mol. The Labute approximate surface area is 400 Å². The van der Waals surface area contributed by atoms with Crippen LogP contribution in [0, 0.1) is 60.4 Å². The summed E-state index contributed by atoms with van der Waals surface area (Å²) in [6, 6.07) is 0. The second-order valence-corrected chi connectivity index (χ2v) is 19.4. The molecule has 67 heavy (non-hydrogen) atoms. The van der Waals surface area contributed by atoms with Crippen molar-refractivity contribution in [1.82, 2.24) is 0 Å². The van der Waals surface area contributed by atoms with Gasteiger partial charge in [0.1, 0.15) is 0 Å². The lowest BCUT2D eigenvalue weighted by molar-refractivity contribution is 0.263. The van der Waals surface area contributed by atoms with Crippen LogP contribution >= 0.6 is 34.0 Å². The van der Waals surface area contributed by atoms with E-state index < -0.39 is 90.0 Å². The lowest BCUT2D eigenvalue weighted by Crippen LogP contribution is -2.06. The minimum Gasteiger partial charge on any atom is -0.489 e. The van der Waals surface area contributed by atoms with Crippen molar-refractivity contribution in [1.29, 1.82) is 0 Å². The van der Waals surface area contributed by atoms with Crippen LogP contribution in [0.3, 0.4) is 0 Å². The molecule has 2 aromatic carbocycles. The third-order valence-corrected chi connectivity index (χ3v) is 14.1. The van der Waals surface area contributed by atoms with Gasteiger partial charge in [0.2, 0.25) is 0 Å². The molecule has 5 rings (SSSR count). The highest BCUT2D eigenvalue weighted by atomic mass is 32.1. The summed E-state index contributed by atoms with van der Waals surface area (Å²) in [7, 11) is 0. The molecule has 0 amide bonds. The largest absolute Gasteiger partial charge is 0.489 e. The summed E-state index contributed by atoms with van der Waals surface area (Å²) in [5.41, 5.74) is -4.66. The van der Waals surface area contributed by atoms with E-state index in [1.54, 1.807) is 13.8 Å². The highest BCUT2D eigenvalue weighted by molar-refractivity contribution is 7.20. The first-order chi connectivity index (χ1) is 32.2. The third-order valence-electron chi connectivity index (χ3n) is 10.7. The number of aryl methyl sites for hydroxylation is 2. The molecule has 0 atom stereocenters. The van der Waals surface area contributed by atoms with Crippen molar-refractivity contribution in [2.45, 2.75) is 132 Å². The van der Waals surface area contributed by atoms with E-state index in [2.05, 4.69) is 0 Å². The van der Waals surface area contributed by atoms with Crippen LogP contribution in [0.15, 0.2) is 0 Å². The fourth-order valence-electron chi connectivity index (χ4n) is 6.91. The van der Waals surface area contributed by atoms with Gasteiger partial charge >= 0.3 is 0 Å². The summed E-state index contributed by atoms with van der Waals surface area (Å²) in [5, 5.41) is 0. The minimum absolute atomic E-state index is 0.0685. The number of hydrogen-bond donors (Lipinski definition) is 0. The molecule has 0 spiro atoms. The van der Waals surface area contributed by atoms with Gasteiger partial charge in [-0.2, -0.15) is 0 Å². The highest BCUT2D eigenvalue weighted by Crippen LogP contribution is 2.58. The summed E-state index contributed by atoms with van der Waals surface area (Å²) in [6.45, 7) is 15.1. The average Bonchev–Trinajstić information content (AvgIpc) is 3.92. The van der Waals surface area contributed by atoms with Crippen molar-refractivity contribution in [3.8, 4) is 76.3 Å². The van der Waals surface area contributed by atoms with Gasteiger partial charge in [-0.15, -0.1) is 34.0 Å². The van der Waals surface area contributed by atoms with Crippen LogP contribution in [0.1, 0.15) is 128 Å². The van der Waals surface area contributed by atoms with Gasteiger partial charge in [-0.05, 0) is 52.4 Å². The van der Waals surface area contributed by atoms with Crippen LogP contribution in [0.2, 0.25) is 0 Å². The Kier molecular flexibility index (Phi) is 20.4. The Hall–Kier alpha value is -4.22. The van der Waals surface area contributed by atoms with Gasteiger partial charge in [-0.1, -0.05) is 80.1 Å². The second-order valence-electron chi connectivity index (χ2n) is 15.9. The maximum Gasteiger partial charge on any atom is 0.180 e. The van der Waals surface area contributed by atoms with Crippen molar-refractivity contribution < 1.29 is 63.5 Å². The van der Waals surface area contributed by atoms with E-state index in [-0.39, 0.29) is 83.7 Å². The summed E-state index contributed by atoms with van der Waals surface area (Å²) < 4.78 is 170. The maximum atomic E-state index is 16.9. The molecule has 0 aliphatic heterocycles. The van der Waals surface area contributed by atoms with Crippen LogP contribution in [-0.2, 0) is 0 Å². The first kappa shape index (κ1) is 53.7. The first-order valence-corrected chi connectivity index (χ1v) is 25.6. The van der Waals surface area contributed by atoms with Gasteiger partial charge < -0.3 is 28.4 Å². The number of ether oxygens (including phenoxy) is 6. The standard InChI is InChI=1S/C50H60F8O6S3/c1-9-15-21-59-41-27(7)65-47(43(41)61-23-17-11-3)29-33(51)37(55)31(38(56)34(29)52)49-45(63-25-19-13-5)46(64-26-20-14-6)50(67-49)32-39(57)35(53)30(36(54)40(32)58)48-44(62-24-18-12-4)42(28(8)66-48)60-22-16-10-2/h9-26H2,1-8H3. The van der Waals surface area contributed by atoms with Crippen LogP contribution in [-0.4, -0.2) is 39.6 Å². The van der Waals surface area contributed by atoms with E-state index in [9.17, 15) is 0 Å². The predicted molar refractivity (Wildman–Crippen MR) is 253 cm³/mol. The number of unbranched alkanes of at least 4 members (excludes halogenated alkanes) is 6. The summed E-state index contributed by atoms with van der Waals surface area (Å²) in [5.74, 6) is -15.4. The number of thiophene rings is 3. The normalized spacial score (nSPS) is 11.5. The maximum absolute atomic E-state index is 16.9. The number of hydrogen-bond acceptors (Lipinski definition) is 9. The smallest absolute Gasteiger partial charge is 0.180 e. The van der Waals surface area contributed by atoms with Gasteiger partial charge in [-0.3, -0.25) is 0 Å². The van der Waals surface area contributed by atoms with Crippen molar-refractivity contribution in [2.24, 2.45) is 0 Å². The Morgan fingerprint density at radius 1 is 0.284 bits per heavy atom. The monoisotopic (exact) mass is 1000 g/mol. The Bertz CT molecular complexity index is 2220. The van der Waals surface area contributed by atoms with Gasteiger partial charge in [0.15, 0.2) is 81.0 Å². The highest BCUT2D eigenvalue weighted by Gasteiger charge is 2.39. The quantitative estimate of drug-likeness (QED) is 0.0283. The molecule has 0 saturated carbocycles. The zero-order valence-corrected chi connectivity index (χ0v) is 41.9. The molecule has 17 heteroatoms. The Morgan fingerprint density at radius 2 is 0.463 bits per heavy atom. The van der Waals surface area contributed by atoms with Crippen LogP contribution in [0.4, 0.5) is 35.1 Å². The third kappa shape index (κ3) is 11.6. The fraction of sp³-hybridized carbons (Fsp3) is 0.520. The molecule has 5 aromatic rings. The molecular weight excluding hydrogens is 945 g/mol. The lowest BCUT2D eigenvalue weighted by atomic mass is 10.0. The van der Waals surface area contributed by atoms with Crippen molar-refractivity contribution >= 4 is 34.0 Å². The van der Waals surface area contributed by atoms with E-state index in [0.717, 1.165) is 48.4 Å². The first-order valence-electron chi connectivity index (χ1n) is 23.2. The molecule has 3 aromatic heterocycles. The molecule has 0 fully saturated rings. The van der Waals surface area contributed by atoms with Crippen LogP contribution < -0.4 is 28.4 Å². The Balaban J connectivity index is 1.79. The summed E-state index contributed by atoms with van der Waals surface area (Å²) in [6.07, 6.45) is 7.31. The number of benzene rings is 2. The van der Waals surface area contributed by atoms with E-state index in [1.807, 2.05) is 41.5 Å².